The number of nitrogens with one attached hydrogen (secondary N) is 3. The normalized spacial score (nSPS) is 24.2. The van der Waals surface area contributed by atoms with Gasteiger partial charge in [-0.1, -0.05) is 82.3 Å². The van der Waals surface area contributed by atoms with Crippen molar-refractivity contribution in [2.75, 3.05) is 19.6 Å². The molecule has 3 aliphatic heterocycles. The monoisotopic (exact) mass is 794 g/mol. The molecular formula is C42H59ClN6O7. The van der Waals surface area contributed by atoms with Crippen LogP contribution in [0, 0.1) is 17.3 Å². The van der Waals surface area contributed by atoms with Crippen molar-refractivity contribution in [2.45, 2.75) is 147 Å². The topological polar surface area (TPSA) is 167 Å². The number of carbonyl (C=O) groups excluding carboxylic acids is 6. The molecule has 5 atom stereocenters. The van der Waals surface area contributed by atoms with Gasteiger partial charge in [0.15, 0.2) is 5.60 Å². The number of hydrogen-bond donors (Lipinski definition) is 3. The van der Waals surface area contributed by atoms with E-state index in [1.165, 1.54) is 4.90 Å². The Morgan fingerprint density at radius 3 is 2.34 bits per heavy atom. The van der Waals surface area contributed by atoms with Gasteiger partial charge in [0.25, 0.3) is 5.91 Å². The second-order valence-corrected chi connectivity index (χ2v) is 18.2. The van der Waals surface area contributed by atoms with Gasteiger partial charge in [-0.3, -0.25) is 28.8 Å². The van der Waals surface area contributed by atoms with Crippen LogP contribution in [0.2, 0.25) is 5.02 Å². The Labute approximate surface area is 335 Å². The molecule has 14 heteroatoms. The molecule has 5 aliphatic rings. The van der Waals surface area contributed by atoms with Gasteiger partial charge in [0.2, 0.25) is 29.4 Å². The van der Waals surface area contributed by atoms with Crippen LogP contribution in [0.15, 0.2) is 29.4 Å². The lowest BCUT2D eigenvalue weighted by molar-refractivity contribution is -0.146. The molecule has 0 unspecified atom stereocenters. The Morgan fingerprint density at radius 1 is 0.982 bits per heavy atom. The number of nitrogens with zero attached hydrogens (tertiary/aromatic N) is 3. The Hall–Kier alpha value is -4.00. The average Bonchev–Trinajstić information content (AvgIpc) is 3.52. The molecule has 1 spiro atoms. The number of benzene rings is 1. The predicted molar refractivity (Wildman–Crippen MR) is 211 cm³/mol. The van der Waals surface area contributed by atoms with Crippen LogP contribution >= 0.6 is 11.6 Å². The Kier molecular flexibility index (Phi) is 13.1. The summed E-state index contributed by atoms with van der Waals surface area (Å²) in [5.74, 6) is -3.42. The summed E-state index contributed by atoms with van der Waals surface area (Å²) in [5.41, 5.74) is -0.481. The van der Waals surface area contributed by atoms with Crippen LogP contribution < -0.4 is 16.0 Å². The summed E-state index contributed by atoms with van der Waals surface area (Å²) in [5, 5.41) is 13.6. The van der Waals surface area contributed by atoms with E-state index in [1.54, 1.807) is 12.1 Å². The largest absolute Gasteiger partial charge is 0.387 e. The number of likely N-dealkylation sites (tertiary alicyclic amines) is 2. The summed E-state index contributed by atoms with van der Waals surface area (Å²) < 4.78 is 0. The third-order valence-electron chi connectivity index (χ3n) is 12.1. The number of amides is 5. The lowest BCUT2D eigenvalue weighted by Crippen LogP contribution is -2.60. The summed E-state index contributed by atoms with van der Waals surface area (Å²) in [6.45, 7) is 8.84. The van der Waals surface area contributed by atoms with Gasteiger partial charge in [0.1, 0.15) is 12.1 Å². The molecule has 2 aliphatic carbocycles. The molecule has 3 N–H and O–H groups in total. The first-order valence-corrected chi connectivity index (χ1v) is 21.1. The van der Waals surface area contributed by atoms with Crippen LogP contribution in [0.4, 0.5) is 0 Å². The van der Waals surface area contributed by atoms with Gasteiger partial charge in [-0.25, -0.2) is 0 Å². The summed E-state index contributed by atoms with van der Waals surface area (Å²) in [7, 11) is 0. The molecule has 5 amide bonds. The minimum Gasteiger partial charge on any atom is -0.387 e. The molecule has 2 saturated heterocycles. The molecule has 6 rings (SSSR count). The zero-order chi connectivity index (χ0) is 40.2. The van der Waals surface area contributed by atoms with Gasteiger partial charge < -0.3 is 30.6 Å². The summed E-state index contributed by atoms with van der Waals surface area (Å²) in [6, 6.07) is 3.96. The molecule has 4 fully saturated rings. The highest BCUT2D eigenvalue weighted by molar-refractivity contribution is 6.38. The van der Waals surface area contributed by atoms with Crippen molar-refractivity contribution >= 4 is 52.6 Å². The Morgan fingerprint density at radius 2 is 1.70 bits per heavy atom. The van der Waals surface area contributed by atoms with E-state index in [0.717, 1.165) is 63.4 Å². The summed E-state index contributed by atoms with van der Waals surface area (Å²) in [4.78, 5) is 92.8. The minimum atomic E-state index is -1.09. The maximum Gasteiger partial charge on any atom is 0.289 e. The summed E-state index contributed by atoms with van der Waals surface area (Å²) >= 11 is 6.30. The number of oxime groups is 1. The van der Waals surface area contributed by atoms with E-state index in [4.69, 9.17) is 16.4 Å². The zero-order valence-electron chi connectivity index (χ0n) is 33.4. The van der Waals surface area contributed by atoms with E-state index in [-0.39, 0.29) is 56.0 Å². The van der Waals surface area contributed by atoms with E-state index in [0.29, 0.717) is 30.2 Å². The Balaban J connectivity index is 1.26. The van der Waals surface area contributed by atoms with Gasteiger partial charge in [-0.05, 0) is 68.4 Å². The molecule has 2 saturated carbocycles. The molecule has 56 heavy (non-hydrogen) atoms. The van der Waals surface area contributed by atoms with Crippen molar-refractivity contribution in [1.29, 1.82) is 0 Å². The van der Waals surface area contributed by atoms with Crippen molar-refractivity contribution in [3.8, 4) is 0 Å². The highest BCUT2D eigenvalue weighted by atomic mass is 35.5. The van der Waals surface area contributed by atoms with Gasteiger partial charge in [-0.15, -0.1) is 0 Å². The molecule has 3 heterocycles. The van der Waals surface area contributed by atoms with Crippen LogP contribution in [-0.4, -0.2) is 100 Å². The zero-order valence-corrected chi connectivity index (χ0v) is 34.1. The van der Waals surface area contributed by atoms with E-state index >= 15 is 4.79 Å². The third kappa shape index (κ3) is 9.92. The number of Topliss-reactive ketones (excluding diaryl/α,β-unsaturated/α-hetero) is 1. The number of rotatable bonds is 14. The van der Waals surface area contributed by atoms with E-state index in [2.05, 4.69) is 21.1 Å². The fourth-order valence-corrected chi connectivity index (χ4v) is 8.97. The van der Waals surface area contributed by atoms with Gasteiger partial charge in [0.05, 0.1) is 18.3 Å². The van der Waals surface area contributed by atoms with E-state index < -0.39 is 58.6 Å². The smallest absolute Gasteiger partial charge is 0.289 e. The highest BCUT2D eigenvalue weighted by Crippen LogP contribution is 2.41. The number of hydrogen-bond acceptors (Lipinski definition) is 8. The van der Waals surface area contributed by atoms with Gasteiger partial charge >= 0.3 is 0 Å². The SMILES string of the molecule is CCC[C@H](NC(=O)[C@@H]1C[C@]2(CC(c3cccc(Cl)c3)=NO2)CN1C(=O)[C@@H](NC(=O)[C@@H](CC(=O)N1CCCC1)C1CCCCC1)C(C)(C)C)C(=O)C(=O)NC1CC1. The molecule has 1 aromatic rings. The molecule has 13 nitrogen and oxygen atoms in total. The quantitative estimate of drug-likeness (QED) is 0.230. The van der Waals surface area contributed by atoms with Crippen molar-refractivity contribution in [3.63, 3.8) is 0 Å². The second-order valence-electron chi connectivity index (χ2n) is 17.8. The number of carbonyl (C=O) groups is 6. The van der Waals surface area contributed by atoms with Crippen LogP contribution in [0.3, 0.4) is 0 Å². The maximum atomic E-state index is 15.0. The minimum absolute atomic E-state index is 0.00596. The lowest BCUT2D eigenvalue weighted by atomic mass is 9.77. The molecular weight excluding hydrogens is 736 g/mol. The number of halogens is 1. The van der Waals surface area contributed by atoms with Crippen molar-refractivity contribution < 1.29 is 33.6 Å². The maximum absolute atomic E-state index is 15.0. The first-order chi connectivity index (χ1) is 26.7. The van der Waals surface area contributed by atoms with Crippen LogP contribution in [0.1, 0.15) is 123 Å². The predicted octanol–water partition coefficient (Wildman–Crippen LogP) is 4.68. The Bertz CT molecular complexity index is 1700. The van der Waals surface area contributed by atoms with Crippen molar-refractivity contribution in [2.24, 2.45) is 22.4 Å². The van der Waals surface area contributed by atoms with E-state index in [1.807, 2.05) is 44.7 Å². The van der Waals surface area contributed by atoms with Crippen LogP contribution in [-0.2, 0) is 33.6 Å². The second kappa shape index (κ2) is 17.6. The van der Waals surface area contributed by atoms with Gasteiger partial charge in [0, 0.05) is 54.9 Å². The standard InChI is InChI=1S/C42H59ClN6O7/c1-5-12-31(35(51)39(54)44-29-17-18-29)45-38(53)33-24-42(23-32(47-56-42)27-15-11-16-28(43)21-27)25-49(33)40(55)36(41(2,3)4)46-37(52)30(26-13-7-6-8-14-26)22-34(50)48-19-9-10-20-48/h11,15-16,21,26,29-31,33,36H,5-10,12-14,17-20,22-25H2,1-4H3,(H,44,54)(H,45,53)(H,46,52)/t30-,31-,33-,36+,42+/m0/s1. The molecule has 306 valence electrons. The van der Waals surface area contributed by atoms with Crippen molar-refractivity contribution in [3.05, 3.63) is 34.9 Å². The van der Waals surface area contributed by atoms with E-state index in [9.17, 15) is 24.0 Å². The third-order valence-corrected chi connectivity index (χ3v) is 12.4. The average molecular weight is 795 g/mol. The fraction of sp³-hybridized carbons (Fsp3) is 0.690. The molecule has 1 aromatic carbocycles. The first kappa shape index (κ1) is 41.6. The van der Waals surface area contributed by atoms with Crippen molar-refractivity contribution in [1.82, 2.24) is 25.8 Å². The molecule has 0 radical (unpaired) electrons. The van der Waals surface area contributed by atoms with Gasteiger partial charge in [-0.2, -0.15) is 0 Å². The highest BCUT2D eigenvalue weighted by Gasteiger charge is 2.56. The lowest BCUT2D eigenvalue weighted by Gasteiger charge is -2.37. The summed E-state index contributed by atoms with van der Waals surface area (Å²) in [6.07, 6.45) is 9.52. The van der Waals surface area contributed by atoms with Crippen LogP contribution in [0.25, 0.3) is 0 Å². The fourth-order valence-electron chi connectivity index (χ4n) is 8.78. The van der Waals surface area contributed by atoms with Crippen LogP contribution in [0.5, 0.6) is 0 Å². The number of ketones is 1. The molecule has 0 aromatic heterocycles. The molecule has 0 bridgehead atoms. The first-order valence-electron chi connectivity index (χ1n) is 20.7.